The Labute approximate surface area is 87.4 Å². The van der Waals surface area contributed by atoms with Gasteiger partial charge in [0.1, 0.15) is 0 Å². The van der Waals surface area contributed by atoms with E-state index in [2.05, 4.69) is 15.6 Å². The first-order valence-corrected chi connectivity index (χ1v) is 4.82. The van der Waals surface area contributed by atoms with Gasteiger partial charge in [0, 0.05) is 18.7 Å². The van der Waals surface area contributed by atoms with Crippen molar-refractivity contribution in [2.75, 3.05) is 18.8 Å². The van der Waals surface area contributed by atoms with Crippen LogP contribution in [0.15, 0.2) is 23.2 Å². The normalized spacial score (nSPS) is 14.6. The van der Waals surface area contributed by atoms with E-state index in [-0.39, 0.29) is 11.5 Å². The van der Waals surface area contributed by atoms with Crippen molar-refractivity contribution in [1.82, 2.24) is 10.6 Å². The Morgan fingerprint density at radius 1 is 1.53 bits per heavy atom. The van der Waals surface area contributed by atoms with Crippen LogP contribution < -0.4 is 16.4 Å². The first kappa shape index (κ1) is 9.76. The van der Waals surface area contributed by atoms with Gasteiger partial charge >= 0.3 is 0 Å². The average molecular weight is 208 g/mol. The van der Waals surface area contributed by atoms with Gasteiger partial charge in [-0.1, -0.05) is 12.1 Å². The third-order valence-corrected chi connectivity index (χ3v) is 2.23. The zero-order valence-electron chi connectivity index (χ0n) is 8.26. The molecule has 0 saturated carbocycles. The summed E-state index contributed by atoms with van der Waals surface area (Å²) in [6.07, 6.45) is 0. The number of nitrogen functional groups attached to an aromatic ring is 1. The second-order valence-corrected chi connectivity index (χ2v) is 3.33. The smallest absolute Gasteiger partial charge is 0.191 e. The molecule has 0 radical (unpaired) electrons. The molecule has 2 rings (SSSR count). The van der Waals surface area contributed by atoms with Crippen LogP contribution in [0.3, 0.4) is 0 Å². The number of hydrogen-bond acceptors (Lipinski definition) is 4. The van der Waals surface area contributed by atoms with Crippen LogP contribution in [0.25, 0.3) is 0 Å². The van der Waals surface area contributed by atoms with Crippen molar-refractivity contribution in [3.05, 3.63) is 29.6 Å². The first-order valence-electron chi connectivity index (χ1n) is 4.82. The van der Waals surface area contributed by atoms with E-state index in [9.17, 15) is 4.39 Å². The highest BCUT2D eigenvalue weighted by Crippen LogP contribution is 2.14. The molecule has 0 unspecified atom stereocenters. The van der Waals surface area contributed by atoms with Crippen LogP contribution in [0.5, 0.6) is 0 Å². The molecule has 0 spiro atoms. The van der Waals surface area contributed by atoms with Crippen LogP contribution in [-0.2, 0) is 6.54 Å². The van der Waals surface area contributed by atoms with Gasteiger partial charge in [0.2, 0.25) is 0 Å². The van der Waals surface area contributed by atoms with Gasteiger partial charge < -0.3 is 16.4 Å². The summed E-state index contributed by atoms with van der Waals surface area (Å²) in [4.78, 5) is 4.14. The minimum absolute atomic E-state index is 0.176. The third-order valence-electron chi connectivity index (χ3n) is 2.23. The number of guanidine groups is 1. The number of rotatable bonds is 2. The van der Waals surface area contributed by atoms with Crippen LogP contribution in [0.2, 0.25) is 0 Å². The fraction of sp³-hybridized carbons (Fsp3) is 0.300. The summed E-state index contributed by atoms with van der Waals surface area (Å²) in [6, 6.07) is 4.98. The maximum atomic E-state index is 13.5. The van der Waals surface area contributed by atoms with E-state index < -0.39 is 0 Å². The average Bonchev–Trinajstić information content (AvgIpc) is 2.73. The van der Waals surface area contributed by atoms with Crippen molar-refractivity contribution in [3.63, 3.8) is 0 Å². The van der Waals surface area contributed by atoms with Crippen molar-refractivity contribution in [3.8, 4) is 0 Å². The highest BCUT2D eigenvalue weighted by molar-refractivity contribution is 5.81. The molecule has 4 N–H and O–H groups in total. The summed E-state index contributed by atoms with van der Waals surface area (Å²) in [7, 11) is 0. The molecule has 0 aliphatic carbocycles. The molecule has 1 heterocycles. The Kier molecular flexibility index (Phi) is 2.71. The number of benzene rings is 1. The number of anilines is 1. The predicted octanol–water partition coefficient (Wildman–Crippen LogP) is 0.457. The summed E-state index contributed by atoms with van der Waals surface area (Å²) in [5.41, 5.74) is 6.18. The van der Waals surface area contributed by atoms with Crippen LogP contribution in [0, 0.1) is 5.82 Å². The number of nitrogens with two attached hydrogens (primary N) is 1. The Hall–Kier alpha value is -1.78. The monoisotopic (exact) mass is 208 g/mol. The van der Waals surface area contributed by atoms with Crippen molar-refractivity contribution < 1.29 is 4.39 Å². The standard InChI is InChI=1S/C10H13FN4/c11-9-7(2-1-3-8(9)12)6-15-10-13-4-5-14-10/h1-3H,4-6,12H2,(H2,13,14,15). The van der Waals surface area contributed by atoms with E-state index in [1.54, 1.807) is 18.2 Å². The summed E-state index contributed by atoms with van der Waals surface area (Å²) < 4.78 is 13.5. The first-order chi connectivity index (χ1) is 7.27. The number of halogens is 1. The molecule has 0 atom stereocenters. The molecule has 1 aliphatic rings. The quantitative estimate of drug-likeness (QED) is 0.619. The van der Waals surface area contributed by atoms with Crippen molar-refractivity contribution in [2.24, 2.45) is 4.99 Å². The lowest BCUT2D eigenvalue weighted by Gasteiger charge is -2.08. The Morgan fingerprint density at radius 2 is 2.40 bits per heavy atom. The van der Waals surface area contributed by atoms with E-state index >= 15 is 0 Å². The van der Waals surface area contributed by atoms with Crippen LogP contribution in [-0.4, -0.2) is 19.0 Å². The number of hydrogen-bond donors (Lipinski definition) is 3. The second kappa shape index (κ2) is 4.16. The fourth-order valence-corrected chi connectivity index (χ4v) is 1.43. The Balaban J connectivity index is 2.01. The lowest BCUT2D eigenvalue weighted by molar-refractivity contribution is 0.610. The number of aliphatic imine (C=N–C) groups is 1. The van der Waals surface area contributed by atoms with Crippen molar-refractivity contribution in [2.45, 2.75) is 6.54 Å². The molecule has 0 fully saturated rings. The zero-order chi connectivity index (χ0) is 10.7. The largest absolute Gasteiger partial charge is 0.396 e. The van der Waals surface area contributed by atoms with Gasteiger partial charge in [0.05, 0.1) is 12.2 Å². The molecule has 0 bridgehead atoms. The van der Waals surface area contributed by atoms with Gasteiger partial charge in [-0.2, -0.15) is 0 Å². The molecule has 1 aromatic rings. The molecule has 0 saturated heterocycles. The molecule has 0 amide bonds. The molecule has 5 heteroatoms. The molecule has 0 aromatic heterocycles. The summed E-state index contributed by atoms with van der Waals surface area (Å²) in [6.45, 7) is 1.99. The fourth-order valence-electron chi connectivity index (χ4n) is 1.43. The van der Waals surface area contributed by atoms with E-state index in [0.29, 0.717) is 12.1 Å². The second-order valence-electron chi connectivity index (χ2n) is 3.33. The zero-order valence-corrected chi connectivity index (χ0v) is 8.26. The number of nitrogens with zero attached hydrogens (tertiary/aromatic N) is 1. The number of nitrogens with one attached hydrogen (secondary N) is 2. The van der Waals surface area contributed by atoms with Gasteiger partial charge in [-0.3, -0.25) is 4.99 Å². The third kappa shape index (κ3) is 2.18. The minimum atomic E-state index is -0.358. The maximum Gasteiger partial charge on any atom is 0.191 e. The highest BCUT2D eigenvalue weighted by atomic mass is 19.1. The molecule has 1 aliphatic heterocycles. The van der Waals surface area contributed by atoms with Crippen LogP contribution >= 0.6 is 0 Å². The van der Waals surface area contributed by atoms with E-state index in [0.717, 1.165) is 19.0 Å². The molecular weight excluding hydrogens is 195 g/mol. The van der Waals surface area contributed by atoms with Crippen molar-refractivity contribution in [1.29, 1.82) is 0 Å². The lowest BCUT2D eigenvalue weighted by Crippen LogP contribution is -2.33. The lowest BCUT2D eigenvalue weighted by atomic mass is 10.2. The van der Waals surface area contributed by atoms with E-state index in [1.807, 2.05) is 0 Å². The Morgan fingerprint density at radius 3 is 3.13 bits per heavy atom. The van der Waals surface area contributed by atoms with Gasteiger partial charge in [0.15, 0.2) is 11.8 Å². The molecule has 15 heavy (non-hydrogen) atoms. The maximum absolute atomic E-state index is 13.5. The molecule has 4 nitrogen and oxygen atoms in total. The summed E-state index contributed by atoms with van der Waals surface area (Å²) >= 11 is 0. The van der Waals surface area contributed by atoms with Crippen LogP contribution in [0.1, 0.15) is 5.56 Å². The van der Waals surface area contributed by atoms with Gasteiger partial charge in [-0.05, 0) is 6.07 Å². The SMILES string of the molecule is Nc1cccc(CNC2=NCCN2)c1F. The highest BCUT2D eigenvalue weighted by Gasteiger charge is 2.07. The van der Waals surface area contributed by atoms with Gasteiger partial charge in [0.25, 0.3) is 0 Å². The van der Waals surface area contributed by atoms with E-state index in [1.165, 1.54) is 0 Å². The molecule has 80 valence electrons. The minimum Gasteiger partial charge on any atom is -0.396 e. The molecular formula is C10H13FN4. The van der Waals surface area contributed by atoms with Gasteiger partial charge in [-0.15, -0.1) is 0 Å². The molecule has 1 aromatic carbocycles. The topological polar surface area (TPSA) is 62.4 Å². The predicted molar refractivity (Wildman–Crippen MR) is 58.0 cm³/mol. The van der Waals surface area contributed by atoms with Crippen molar-refractivity contribution >= 4 is 11.6 Å². The Bertz CT molecular complexity index is 389. The summed E-state index contributed by atoms with van der Waals surface area (Å²) in [5.74, 6) is 0.362. The summed E-state index contributed by atoms with van der Waals surface area (Å²) in [5, 5.41) is 6.06. The van der Waals surface area contributed by atoms with Gasteiger partial charge in [-0.25, -0.2) is 4.39 Å². The van der Waals surface area contributed by atoms with E-state index in [4.69, 9.17) is 5.73 Å². The van der Waals surface area contributed by atoms with Crippen LogP contribution in [0.4, 0.5) is 10.1 Å².